The predicted molar refractivity (Wildman–Crippen MR) is 46.6 cm³/mol. The fourth-order valence-electron chi connectivity index (χ4n) is 0.851. The van der Waals surface area contributed by atoms with Crippen molar-refractivity contribution < 1.29 is 0 Å². The van der Waals surface area contributed by atoms with E-state index in [1.165, 1.54) is 12.3 Å². The van der Waals surface area contributed by atoms with Gasteiger partial charge in [-0.25, -0.2) is 0 Å². The molecule has 0 unspecified atom stereocenters. The predicted octanol–water partition coefficient (Wildman–Crippen LogP) is 1.81. The van der Waals surface area contributed by atoms with Crippen LogP contribution in [0.1, 0.15) is 33.6 Å². The quantitative estimate of drug-likeness (QED) is 0.625. The van der Waals surface area contributed by atoms with Gasteiger partial charge in [-0.05, 0) is 6.42 Å². The number of hydrogen-bond acceptors (Lipinski definition) is 2. The van der Waals surface area contributed by atoms with Crippen molar-refractivity contribution in [1.29, 1.82) is 0 Å². The summed E-state index contributed by atoms with van der Waals surface area (Å²) in [5, 5.41) is 3.21. The molecule has 0 aliphatic carbocycles. The monoisotopic (exact) mass is 142 g/mol. The molecule has 0 fully saturated rings. The molecule has 0 saturated heterocycles. The lowest BCUT2D eigenvalue weighted by Gasteiger charge is -1.95. The van der Waals surface area contributed by atoms with Crippen LogP contribution in [0.15, 0.2) is 4.99 Å². The molecule has 0 radical (unpaired) electrons. The van der Waals surface area contributed by atoms with E-state index >= 15 is 0 Å². The van der Waals surface area contributed by atoms with Gasteiger partial charge in [-0.1, -0.05) is 20.8 Å². The van der Waals surface area contributed by atoms with E-state index in [-0.39, 0.29) is 0 Å². The van der Waals surface area contributed by atoms with Gasteiger partial charge in [-0.15, -0.1) is 0 Å². The molecule has 0 amide bonds. The van der Waals surface area contributed by atoms with Crippen LogP contribution in [0, 0.1) is 0 Å². The summed E-state index contributed by atoms with van der Waals surface area (Å²) >= 11 is 0. The smallest absolute Gasteiger partial charge is 0.0964 e. The Labute approximate surface area is 63.7 Å². The van der Waals surface area contributed by atoms with Crippen LogP contribution in [-0.2, 0) is 0 Å². The van der Waals surface area contributed by atoms with Gasteiger partial charge >= 0.3 is 0 Å². The summed E-state index contributed by atoms with van der Waals surface area (Å²) in [6.07, 6.45) is 2.33. The molecule has 1 rings (SSSR count). The number of hydrogen-bond donors (Lipinski definition) is 1. The van der Waals surface area contributed by atoms with Crippen molar-refractivity contribution >= 4 is 5.84 Å². The van der Waals surface area contributed by atoms with Gasteiger partial charge in [0.05, 0.1) is 12.4 Å². The molecule has 0 bridgehead atoms. The van der Waals surface area contributed by atoms with Gasteiger partial charge in [0.15, 0.2) is 0 Å². The third-order valence-corrected chi connectivity index (χ3v) is 1.23. The van der Waals surface area contributed by atoms with Crippen LogP contribution in [0.2, 0.25) is 0 Å². The molecular weight excluding hydrogens is 124 g/mol. The Morgan fingerprint density at radius 1 is 1.50 bits per heavy atom. The zero-order chi connectivity index (χ0) is 7.82. The largest absolute Gasteiger partial charge is 0.372 e. The number of rotatable bonds is 2. The van der Waals surface area contributed by atoms with Gasteiger partial charge < -0.3 is 5.32 Å². The van der Waals surface area contributed by atoms with Crippen LogP contribution in [0.3, 0.4) is 0 Å². The average molecular weight is 142 g/mol. The van der Waals surface area contributed by atoms with Gasteiger partial charge in [0.1, 0.15) is 0 Å². The molecule has 2 nitrogen and oxygen atoms in total. The van der Waals surface area contributed by atoms with Crippen molar-refractivity contribution in [2.45, 2.75) is 33.6 Å². The molecule has 60 valence electrons. The fraction of sp³-hybridized carbons (Fsp3) is 0.875. The maximum absolute atomic E-state index is 4.23. The Morgan fingerprint density at radius 3 is 2.60 bits per heavy atom. The Morgan fingerprint density at radius 2 is 2.20 bits per heavy atom. The minimum Gasteiger partial charge on any atom is -0.372 e. The van der Waals surface area contributed by atoms with Crippen molar-refractivity contribution in [2.75, 3.05) is 13.1 Å². The van der Waals surface area contributed by atoms with Gasteiger partial charge in [-0.2, -0.15) is 0 Å². The second kappa shape index (κ2) is 6.59. The molecule has 0 spiro atoms. The lowest BCUT2D eigenvalue weighted by atomic mass is 10.3. The number of aliphatic imine (C=N–C) groups is 1. The SMILES string of the molecule is CC.CCCC1=NCCN1. The number of nitrogens with zero attached hydrogens (tertiary/aromatic N) is 1. The molecule has 0 aromatic carbocycles. The summed E-state index contributed by atoms with van der Waals surface area (Å²) in [5.74, 6) is 1.20. The first-order valence-electron chi connectivity index (χ1n) is 4.20. The Bertz CT molecular complexity index is 97.4. The van der Waals surface area contributed by atoms with Crippen LogP contribution in [0.25, 0.3) is 0 Å². The zero-order valence-corrected chi connectivity index (χ0v) is 7.28. The lowest BCUT2D eigenvalue weighted by Crippen LogP contribution is -2.17. The molecule has 1 aliphatic heterocycles. The van der Waals surface area contributed by atoms with E-state index in [1.807, 2.05) is 13.8 Å². The highest BCUT2D eigenvalue weighted by Gasteiger charge is 2.00. The van der Waals surface area contributed by atoms with Crippen LogP contribution in [0.5, 0.6) is 0 Å². The van der Waals surface area contributed by atoms with Crippen molar-refractivity contribution in [3.8, 4) is 0 Å². The van der Waals surface area contributed by atoms with Crippen LogP contribution >= 0.6 is 0 Å². The average Bonchev–Trinajstić information content (AvgIpc) is 2.46. The zero-order valence-electron chi connectivity index (χ0n) is 7.28. The van der Waals surface area contributed by atoms with Crippen molar-refractivity contribution in [3.05, 3.63) is 0 Å². The molecule has 1 aliphatic rings. The molecule has 0 aromatic heterocycles. The number of amidine groups is 1. The summed E-state index contributed by atoms with van der Waals surface area (Å²) in [6, 6.07) is 0. The van der Waals surface area contributed by atoms with Crippen LogP contribution < -0.4 is 5.32 Å². The molecule has 0 atom stereocenters. The Kier molecular flexibility index (Phi) is 6.24. The molecule has 2 heteroatoms. The third-order valence-electron chi connectivity index (χ3n) is 1.23. The highest BCUT2D eigenvalue weighted by molar-refractivity contribution is 5.83. The normalized spacial score (nSPS) is 14.9. The Hall–Kier alpha value is -0.530. The summed E-state index contributed by atoms with van der Waals surface area (Å²) < 4.78 is 0. The van der Waals surface area contributed by atoms with E-state index < -0.39 is 0 Å². The second-order valence-electron chi connectivity index (χ2n) is 2.01. The summed E-state index contributed by atoms with van der Waals surface area (Å²) in [4.78, 5) is 4.23. The lowest BCUT2D eigenvalue weighted by molar-refractivity contribution is 0.921. The van der Waals surface area contributed by atoms with Gasteiger partial charge in [0.2, 0.25) is 0 Å². The topological polar surface area (TPSA) is 24.4 Å². The van der Waals surface area contributed by atoms with E-state index in [1.54, 1.807) is 0 Å². The highest BCUT2D eigenvalue weighted by atomic mass is 15.1. The maximum atomic E-state index is 4.23. The standard InChI is InChI=1S/C6H12N2.C2H6/c1-2-3-6-7-4-5-8-6;1-2/h2-5H2,1H3,(H,7,8);1-2H3. The minimum absolute atomic E-state index is 0.981. The Balaban J connectivity index is 0.000000371. The summed E-state index contributed by atoms with van der Waals surface area (Å²) in [6.45, 7) is 8.20. The maximum Gasteiger partial charge on any atom is 0.0964 e. The van der Waals surface area contributed by atoms with E-state index in [0.29, 0.717) is 0 Å². The first kappa shape index (κ1) is 9.47. The third kappa shape index (κ3) is 3.49. The van der Waals surface area contributed by atoms with Crippen molar-refractivity contribution in [3.63, 3.8) is 0 Å². The summed E-state index contributed by atoms with van der Waals surface area (Å²) in [7, 11) is 0. The molecule has 0 aromatic rings. The van der Waals surface area contributed by atoms with Crippen molar-refractivity contribution in [1.82, 2.24) is 5.32 Å². The van der Waals surface area contributed by atoms with Crippen LogP contribution in [-0.4, -0.2) is 18.9 Å². The molecule has 0 saturated carbocycles. The van der Waals surface area contributed by atoms with Gasteiger partial charge in [0.25, 0.3) is 0 Å². The first-order chi connectivity index (χ1) is 4.93. The molecule has 1 heterocycles. The van der Waals surface area contributed by atoms with E-state index in [9.17, 15) is 0 Å². The van der Waals surface area contributed by atoms with Crippen LogP contribution in [0.4, 0.5) is 0 Å². The van der Waals surface area contributed by atoms with Crippen molar-refractivity contribution in [2.24, 2.45) is 4.99 Å². The molecular formula is C8H18N2. The second-order valence-corrected chi connectivity index (χ2v) is 2.01. The number of nitrogens with one attached hydrogen (secondary N) is 1. The highest BCUT2D eigenvalue weighted by Crippen LogP contribution is 1.93. The fourth-order valence-corrected chi connectivity index (χ4v) is 0.851. The first-order valence-corrected chi connectivity index (χ1v) is 4.20. The summed E-state index contributed by atoms with van der Waals surface area (Å²) in [5.41, 5.74) is 0. The van der Waals surface area contributed by atoms with Gasteiger partial charge in [0, 0.05) is 13.0 Å². The van der Waals surface area contributed by atoms with Gasteiger partial charge in [-0.3, -0.25) is 4.99 Å². The van der Waals surface area contributed by atoms with E-state index in [4.69, 9.17) is 0 Å². The molecule has 10 heavy (non-hydrogen) atoms. The van der Waals surface area contributed by atoms with E-state index in [0.717, 1.165) is 19.5 Å². The molecule has 1 N–H and O–H groups in total. The minimum atomic E-state index is 0.981. The van der Waals surface area contributed by atoms with E-state index in [2.05, 4.69) is 17.2 Å².